The van der Waals surface area contributed by atoms with E-state index >= 15 is 0 Å². The van der Waals surface area contributed by atoms with Crippen LogP contribution in [0.3, 0.4) is 0 Å². The molecule has 0 spiro atoms. The van der Waals surface area contributed by atoms with Gasteiger partial charge in [0.15, 0.2) is 11.5 Å². The number of carbonyl (C=O) groups excluding carboxylic acids is 3. The molecular weight excluding hydrogens is 464 g/mol. The number of carbonyl (C=O) groups is 3. The van der Waals surface area contributed by atoms with E-state index in [1.807, 2.05) is 0 Å². The molecule has 0 aliphatic heterocycles. The number of nitrogens with zero attached hydrogens (tertiary/aromatic N) is 1. The molecule has 0 saturated carbocycles. The van der Waals surface area contributed by atoms with Crippen LogP contribution >= 0.6 is 11.3 Å². The van der Waals surface area contributed by atoms with Crippen molar-refractivity contribution in [3.05, 3.63) is 34.2 Å². The van der Waals surface area contributed by atoms with Gasteiger partial charge in [0.2, 0.25) is 5.91 Å². The van der Waals surface area contributed by atoms with Gasteiger partial charge in [-0.05, 0) is 31.5 Å². The monoisotopic (exact) mass is 494 g/mol. The Kier molecular flexibility index (Phi) is 10.1. The number of anilines is 2. The Balaban J connectivity index is 2.23. The number of hydrogen-bond donors (Lipinski definition) is 1. The normalized spacial score (nSPS) is 10.4. The van der Waals surface area contributed by atoms with Crippen molar-refractivity contribution in [2.75, 3.05) is 65.0 Å². The van der Waals surface area contributed by atoms with Crippen molar-refractivity contribution in [1.82, 2.24) is 0 Å². The van der Waals surface area contributed by atoms with Gasteiger partial charge in [-0.1, -0.05) is 0 Å². The highest BCUT2D eigenvalue weighted by atomic mass is 32.1. The van der Waals surface area contributed by atoms with E-state index in [-0.39, 0.29) is 47.7 Å². The van der Waals surface area contributed by atoms with Crippen molar-refractivity contribution in [2.24, 2.45) is 0 Å². The third kappa shape index (κ3) is 6.61. The summed E-state index contributed by atoms with van der Waals surface area (Å²) in [6.45, 7) is 3.72. The summed E-state index contributed by atoms with van der Waals surface area (Å²) in [6.07, 6.45) is 0. The van der Waals surface area contributed by atoms with Gasteiger partial charge in [0, 0.05) is 25.9 Å². The highest BCUT2D eigenvalue weighted by molar-refractivity contribution is 7.18. The lowest BCUT2D eigenvalue weighted by atomic mass is 10.1. The molecule has 0 fully saturated rings. The van der Waals surface area contributed by atoms with Crippen LogP contribution in [0, 0.1) is 6.92 Å². The van der Waals surface area contributed by atoms with Crippen LogP contribution < -0.4 is 19.7 Å². The molecule has 1 aromatic heterocycles. The number of benzene rings is 1. The molecule has 2 aromatic rings. The molecule has 1 N–H and O–H groups in total. The minimum atomic E-state index is -0.629. The zero-order valence-electron chi connectivity index (χ0n) is 20.2. The Morgan fingerprint density at radius 3 is 2.32 bits per heavy atom. The average Bonchev–Trinajstić information content (AvgIpc) is 3.14. The van der Waals surface area contributed by atoms with E-state index in [0.717, 1.165) is 17.0 Å². The Bertz CT molecular complexity index is 1020. The zero-order chi connectivity index (χ0) is 25.3. The van der Waals surface area contributed by atoms with Crippen molar-refractivity contribution >= 4 is 39.9 Å². The van der Waals surface area contributed by atoms with Gasteiger partial charge in [0.25, 0.3) is 0 Å². The molecule has 0 aliphatic rings. The summed E-state index contributed by atoms with van der Waals surface area (Å²) < 4.78 is 25.7. The summed E-state index contributed by atoms with van der Waals surface area (Å²) >= 11 is 0.966. The van der Waals surface area contributed by atoms with Gasteiger partial charge in [-0.3, -0.25) is 4.79 Å². The Labute approximate surface area is 202 Å². The standard InChI is InChI=1S/C23H30N2O8S/c1-7-32-22(27)19-14(2)20(23(28)33-11-10-29-4)34-21(19)24-18(26)13-25(3)15-8-9-16(30-5)17(12-15)31-6/h8-9,12H,7,10-11,13H2,1-6H3,(H,24,26). The Morgan fingerprint density at radius 1 is 1.00 bits per heavy atom. The first kappa shape index (κ1) is 26.9. The minimum absolute atomic E-state index is 0.0255. The van der Waals surface area contributed by atoms with Crippen LogP contribution in [0.5, 0.6) is 11.5 Å². The zero-order valence-corrected chi connectivity index (χ0v) is 21.0. The summed E-state index contributed by atoms with van der Waals surface area (Å²) in [5.74, 6) is -0.517. The van der Waals surface area contributed by atoms with Crippen LogP contribution in [-0.2, 0) is 19.0 Å². The number of likely N-dealkylation sites (N-methyl/N-ethyl adjacent to an activating group) is 1. The maximum atomic E-state index is 12.8. The second-order valence-electron chi connectivity index (χ2n) is 7.05. The predicted octanol–water partition coefficient (Wildman–Crippen LogP) is 3.13. The molecule has 1 aromatic carbocycles. The molecule has 0 atom stereocenters. The van der Waals surface area contributed by atoms with E-state index in [1.165, 1.54) is 14.2 Å². The summed E-state index contributed by atoms with van der Waals surface area (Å²) in [5.41, 5.74) is 1.24. The third-order valence-corrected chi connectivity index (χ3v) is 5.96. The number of rotatable bonds is 12. The lowest BCUT2D eigenvalue weighted by Crippen LogP contribution is -2.30. The molecule has 0 bridgehead atoms. The number of esters is 2. The van der Waals surface area contributed by atoms with Crippen molar-refractivity contribution in [3.8, 4) is 11.5 Å². The van der Waals surface area contributed by atoms with Crippen LogP contribution in [0.15, 0.2) is 18.2 Å². The second kappa shape index (κ2) is 12.8. The highest BCUT2D eigenvalue weighted by Crippen LogP contribution is 2.35. The fourth-order valence-electron chi connectivity index (χ4n) is 3.06. The molecule has 186 valence electrons. The van der Waals surface area contributed by atoms with Gasteiger partial charge in [-0.25, -0.2) is 9.59 Å². The van der Waals surface area contributed by atoms with E-state index in [4.69, 9.17) is 23.7 Å². The lowest BCUT2D eigenvalue weighted by Gasteiger charge is -2.20. The maximum Gasteiger partial charge on any atom is 0.348 e. The smallest absolute Gasteiger partial charge is 0.348 e. The average molecular weight is 495 g/mol. The van der Waals surface area contributed by atoms with Gasteiger partial charge in [0.05, 0.1) is 39.5 Å². The summed E-state index contributed by atoms with van der Waals surface area (Å²) in [6, 6.07) is 5.28. The lowest BCUT2D eigenvalue weighted by molar-refractivity contribution is -0.114. The van der Waals surface area contributed by atoms with Crippen molar-refractivity contribution in [1.29, 1.82) is 0 Å². The number of hydrogen-bond acceptors (Lipinski definition) is 10. The molecule has 1 heterocycles. The molecule has 11 heteroatoms. The number of ether oxygens (including phenoxy) is 5. The fraction of sp³-hybridized carbons (Fsp3) is 0.435. The van der Waals surface area contributed by atoms with E-state index in [2.05, 4.69) is 5.32 Å². The van der Waals surface area contributed by atoms with Crippen molar-refractivity contribution in [2.45, 2.75) is 13.8 Å². The largest absolute Gasteiger partial charge is 0.493 e. The van der Waals surface area contributed by atoms with Crippen LogP contribution in [-0.4, -0.2) is 72.6 Å². The van der Waals surface area contributed by atoms with Crippen LogP contribution in [0.1, 0.15) is 32.5 Å². The van der Waals surface area contributed by atoms with E-state index in [9.17, 15) is 14.4 Å². The Morgan fingerprint density at radius 2 is 1.71 bits per heavy atom. The topological polar surface area (TPSA) is 113 Å². The Hall–Kier alpha value is -3.31. The number of amides is 1. The number of nitrogens with one attached hydrogen (secondary N) is 1. The molecule has 1 amide bonds. The van der Waals surface area contributed by atoms with Crippen molar-refractivity contribution < 1.29 is 38.1 Å². The number of thiophene rings is 1. The highest BCUT2D eigenvalue weighted by Gasteiger charge is 2.27. The summed E-state index contributed by atoms with van der Waals surface area (Å²) in [7, 11) is 6.31. The molecule has 0 saturated heterocycles. The van der Waals surface area contributed by atoms with Gasteiger partial charge >= 0.3 is 11.9 Å². The van der Waals surface area contributed by atoms with E-state index in [0.29, 0.717) is 17.1 Å². The van der Waals surface area contributed by atoms with Gasteiger partial charge in [-0.15, -0.1) is 11.3 Å². The first-order valence-corrected chi connectivity index (χ1v) is 11.3. The number of methoxy groups -OCH3 is 3. The molecule has 34 heavy (non-hydrogen) atoms. The molecule has 0 aliphatic carbocycles. The van der Waals surface area contributed by atoms with Gasteiger partial charge in [0.1, 0.15) is 16.5 Å². The fourth-order valence-corrected chi connectivity index (χ4v) is 4.17. The van der Waals surface area contributed by atoms with E-state index in [1.54, 1.807) is 51.1 Å². The first-order chi connectivity index (χ1) is 16.3. The molecular formula is C23H30N2O8S. The SMILES string of the molecule is CCOC(=O)c1c(NC(=O)CN(C)c2ccc(OC)c(OC)c2)sc(C(=O)OCCOC)c1C. The minimum Gasteiger partial charge on any atom is -0.493 e. The first-order valence-electron chi connectivity index (χ1n) is 10.5. The molecule has 0 radical (unpaired) electrons. The van der Waals surface area contributed by atoms with Crippen LogP contribution in [0.4, 0.5) is 10.7 Å². The van der Waals surface area contributed by atoms with Gasteiger partial charge < -0.3 is 33.9 Å². The molecule has 2 rings (SSSR count). The third-order valence-electron chi connectivity index (χ3n) is 4.77. The second-order valence-corrected chi connectivity index (χ2v) is 8.07. The predicted molar refractivity (Wildman–Crippen MR) is 129 cm³/mol. The molecule has 0 unspecified atom stereocenters. The van der Waals surface area contributed by atoms with Crippen LogP contribution in [0.2, 0.25) is 0 Å². The quantitative estimate of drug-likeness (QED) is 0.351. The van der Waals surface area contributed by atoms with Crippen LogP contribution in [0.25, 0.3) is 0 Å². The summed E-state index contributed by atoms with van der Waals surface area (Å²) in [5, 5.41) is 2.96. The van der Waals surface area contributed by atoms with Crippen molar-refractivity contribution in [3.63, 3.8) is 0 Å². The molecule has 10 nitrogen and oxygen atoms in total. The summed E-state index contributed by atoms with van der Waals surface area (Å²) in [4.78, 5) is 39.8. The van der Waals surface area contributed by atoms with Gasteiger partial charge in [-0.2, -0.15) is 0 Å². The maximum absolute atomic E-state index is 12.8. The van der Waals surface area contributed by atoms with E-state index < -0.39 is 11.9 Å².